The van der Waals surface area contributed by atoms with Gasteiger partial charge in [-0.3, -0.25) is 4.79 Å². The molecule has 3 aromatic rings. The monoisotopic (exact) mass is 376 g/mol. The number of amides is 1. The minimum Gasteiger partial charge on any atom is -0.492 e. The molecule has 6 nitrogen and oxygen atoms in total. The van der Waals surface area contributed by atoms with Gasteiger partial charge >= 0.3 is 0 Å². The summed E-state index contributed by atoms with van der Waals surface area (Å²) < 4.78 is 5.62. The molecule has 0 aliphatic rings. The van der Waals surface area contributed by atoms with E-state index in [1.807, 2.05) is 64.1 Å². The molecule has 0 atom stereocenters. The Morgan fingerprint density at radius 2 is 1.71 bits per heavy atom. The largest absolute Gasteiger partial charge is 0.492 e. The van der Waals surface area contributed by atoms with Gasteiger partial charge in [-0.05, 0) is 69.2 Å². The summed E-state index contributed by atoms with van der Waals surface area (Å²) in [4.78, 5) is 21.5. The van der Waals surface area contributed by atoms with Gasteiger partial charge in [-0.25, -0.2) is 9.97 Å². The van der Waals surface area contributed by atoms with Crippen LogP contribution >= 0.6 is 0 Å². The van der Waals surface area contributed by atoms with Gasteiger partial charge in [0.2, 0.25) is 5.95 Å². The summed E-state index contributed by atoms with van der Waals surface area (Å²) >= 11 is 0. The Labute approximate surface area is 165 Å². The number of nitrogens with zero attached hydrogens (tertiary/aromatic N) is 2. The quantitative estimate of drug-likeness (QED) is 0.646. The zero-order valence-corrected chi connectivity index (χ0v) is 16.5. The van der Waals surface area contributed by atoms with Gasteiger partial charge in [0.05, 0.1) is 12.3 Å². The first kappa shape index (κ1) is 19.4. The van der Waals surface area contributed by atoms with Crippen molar-refractivity contribution >= 4 is 23.2 Å². The first-order valence-electron chi connectivity index (χ1n) is 9.19. The van der Waals surface area contributed by atoms with Crippen molar-refractivity contribution in [3.8, 4) is 5.75 Å². The van der Waals surface area contributed by atoms with Crippen LogP contribution in [0.25, 0.3) is 0 Å². The molecule has 2 N–H and O–H groups in total. The number of aromatic nitrogens is 2. The molecule has 0 bridgehead atoms. The lowest BCUT2D eigenvalue weighted by Crippen LogP contribution is -2.15. The highest BCUT2D eigenvalue weighted by atomic mass is 16.5. The molecule has 1 amide bonds. The van der Waals surface area contributed by atoms with E-state index in [1.54, 1.807) is 6.07 Å². The number of anilines is 3. The number of hydrogen-bond donors (Lipinski definition) is 2. The summed E-state index contributed by atoms with van der Waals surface area (Å²) in [5.41, 5.74) is 4.65. The van der Waals surface area contributed by atoms with Crippen LogP contribution < -0.4 is 15.4 Å². The molecule has 0 radical (unpaired) electrons. The normalized spacial score (nSPS) is 10.4. The average Bonchev–Trinajstić information content (AvgIpc) is 2.62. The van der Waals surface area contributed by atoms with Crippen molar-refractivity contribution in [2.75, 3.05) is 17.2 Å². The van der Waals surface area contributed by atoms with Crippen LogP contribution in [0.4, 0.5) is 17.3 Å². The van der Waals surface area contributed by atoms with E-state index in [0.717, 1.165) is 22.5 Å². The molecule has 2 aromatic carbocycles. The van der Waals surface area contributed by atoms with E-state index in [-0.39, 0.29) is 5.91 Å². The fourth-order valence-electron chi connectivity index (χ4n) is 2.95. The predicted molar refractivity (Wildman–Crippen MR) is 112 cm³/mol. The van der Waals surface area contributed by atoms with Crippen molar-refractivity contribution in [2.45, 2.75) is 27.7 Å². The molecular formula is C22H24N4O2. The van der Waals surface area contributed by atoms with Gasteiger partial charge in [-0.15, -0.1) is 0 Å². The predicted octanol–water partition coefficient (Wildman–Crippen LogP) is 4.80. The van der Waals surface area contributed by atoms with Crippen LogP contribution in [0.5, 0.6) is 5.75 Å². The van der Waals surface area contributed by atoms with Gasteiger partial charge < -0.3 is 15.4 Å². The summed E-state index contributed by atoms with van der Waals surface area (Å²) in [6.45, 7) is 8.30. The Morgan fingerprint density at radius 3 is 2.43 bits per heavy atom. The molecule has 28 heavy (non-hydrogen) atoms. The number of nitrogens with one attached hydrogen (secondary N) is 2. The van der Waals surface area contributed by atoms with Crippen molar-refractivity contribution in [3.05, 3.63) is 71.0 Å². The molecule has 0 unspecified atom stereocenters. The SMILES string of the molecule is CCOc1ccccc1Nc1nc(C)cc(C(=O)Nc2cc(C)cc(C)c2)n1. The zero-order chi connectivity index (χ0) is 20.1. The number of benzene rings is 2. The number of para-hydroxylation sites is 2. The van der Waals surface area contributed by atoms with Gasteiger partial charge in [0.1, 0.15) is 11.4 Å². The summed E-state index contributed by atoms with van der Waals surface area (Å²) in [5, 5.41) is 6.06. The molecule has 0 aliphatic heterocycles. The molecule has 1 aromatic heterocycles. The number of carbonyl (C=O) groups excluding carboxylic acids is 1. The van der Waals surface area contributed by atoms with Gasteiger partial charge in [-0.2, -0.15) is 0 Å². The van der Waals surface area contributed by atoms with Crippen LogP contribution in [0.1, 0.15) is 34.2 Å². The summed E-state index contributed by atoms with van der Waals surface area (Å²) in [6, 6.07) is 15.1. The van der Waals surface area contributed by atoms with Crippen molar-refractivity contribution in [2.24, 2.45) is 0 Å². The second kappa shape index (κ2) is 8.52. The van der Waals surface area contributed by atoms with Gasteiger partial charge in [0.25, 0.3) is 5.91 Å². The number of ether oxygens (including phenoxy) is 1. The summed E-state index contributed by atoms with van der Waals surface area (Å²) in [6.07, 6.45) is 0. The van der Waals surface area contributed by atoms with Crippen molar-refractivity contribution in [1.82, 2.24) is 9.97 Å². The van der Waals surface area contributed by atoms with Crippen LogP contribution in [0.2, 0.25) is 0 Å². The smallest absolute Gasteiger partial charge is 0.274 e. The first-order chi connectivity index (χ1) is 13.4. The first-order valence-corrected chi connectivity index (χ1v) is 9.19. The highest BCUT2D eigenvalue weighted by Crippen LogP contribution is 2.26. The maximum absolute atomic E-state index is 12.7. The maximum atomic E-state index is 12.7. The van der Waals surface area contributed by atoms with E-state index in [4.69, 9.17) is 4.74 Å². The van der Waals surface area contributed by atoms with Crippen LogP contribution in [0.3, 0.4) is 0 Å². The van der Waals surface area contributed by atoms with Crippen molar-refractivity contribution in [3.63, 3.8) is 0 Å². The molecule has 3 rings (SSSR count). The minimum atomic E-state index is -0.281. The molecule has 0 saturated heterocycles. The highest BCUT2D eigenvalue weighted by Gasteiger charge is 2.13. The van der Waals surface area contributed by atoms with E-state index in [1.165, 1.54) is 0 Å². The van der Waals surface area contributed by atoms with E-state index in [2.05, 4.69) is 26.7 Å². The standard InChI is InChI=1S/C22H24N4O2/c1-5-28-20-9-7-6-8-18(20)25-22-23-16(4)13-19(26-22)21(27)24-17-11-14(2)10-15(3)12-17/h6-13H,5H2,1-4H3,(H,24,27)(H,23,25,26). The van der Waals surface area contributed by atoms with Gasteiger partial charge in [-0.1, -0.05) is 18.2 Å². The van der Waals surface area contributed by atoms with Gasteiger partial charge in [0, 0.05) is 11.4 Å². The Morgan fingerprint density at radius 1 is 1.00 bits per heavy atom. The van der Waals surface area contributed by atoms with Crippen LogP contribution in [0, 0.1) is 20.8 Å². The van der Waals surface area contributed by atoms with E-state index >= 15 is 0 Å². The Hall–Kier alpha value is -3.41. The number of hydrogen-bond acceptors (Lipinski definition) is 5. The Kier molecular flexibility index (Phi) is 5.89. The molecule has 0 spiro atoms. The third kappa shape index (κ3) is 4.85. The molecule has 0 fully saturated rings. The number of carbonyl (C=O) groups is 1. The second-order valence-corrected chi connectivity index (χ2v) is 6.60. The van der Waals surface area contributed by atoms with E-state index < -0.39 is 0 Å². The Bertz CT molecular complexity index is 981. The Balaban J connectivity index is 1.84. The van der Waals surface area contributed by atoms with Crippen LogP contribution in [-0.2, 0) is 0 Å². The number of rotatable bonds is 6. The molecule has 0 aliphatic carbocycles. The third-order valence-electron chi connectivity index (χ3n) is 4.00. The molecule has 1 heterocycles. The van der Waals surface area contributed by atoms with Crippen LogP contribution in [0.15, 0.2) is 48.5 Å². The molecule has 6 heteroatoms. The zero-order valence-electron chi connectivity index (χ0n) is 16.5. The molecule has 0 saturated carbocycles. The molecule has 144 valence electrons. The maximum Gasteiger partial charge on any atom is 0.274 e. The average molecular weight is 376 g/mol. The van der Waals surface area contributed by atoms with E-state index in [9.17, 15) is 4.79 Å². The third-order valence-corrected chi connectivity index (χ3v) is 4.00. The fourth-order valence-corrected chi connectivity index (χ4v) is 2.95. The minimum absolute atomic E-state index is 0.281. The van der Waals surface area contributed by atoms with Crippen LogP contribution in [-0.4, -0.2) is 22.5 Å². The fraction of sp³-hybridized carbons (Fsp3) is 0.227. The lowest BCUT2D eigenvalue weighted by Gasteiger charge is -2.12. The van der Waals surface area contributed by atoms with Crippen molar-refractivity contribution in [1.29, 1.82) is 0 Å². The molecular weight excluding hydrogens is 352 g/mol. The van der Waals surface area contributed by atoms with Crippen molar-refractivity contribution < 1.29 is 9.53 Å². The summed E-state index contributed by atoms with van der Waals surface area (Å²) in [5.74, 6) is 0.769. The topological polar surface area (TPSA) is 76.1 Å². The lowest BCUT2D eigenvalue weighted by atomic mass is 10.1. The van der Waals surface area contributed by atoms with Gasteiger partial charge in [0.15, 0.2) is 0 Å². The summed E-state index contributed by atoms with van der Waals surface area (Å²) in [7, 11) is 0. The second-order valence-electron chi connectivity index (χ2n) is 6.60. The lowest BCUT2D eigenvalue weighted by molar-refractivity contribution is 0.102. The highest BCUT2D eigenvalue weighted by molar-refractivity contribution is 6.03. The van der Waals surface area contributed by atoms with E-state index in [0.29, 0.717) is 29.7 Å². The number of aryl methyl sites for hydroxylation is 3.